The maximum atomic E-state index is 4.60. The molecule has 2 heterocycles. The first-order valence-electron chi connectivity index (χ1n) is 8.17. The van der Waals surface area contributed by atoms with Gasteiger partial charge in [0, 0.05) is 49.7 Å². The van der Waals surface area contributed by atoms with Gasteiger partial charge in [-0.2, -0.15) is 0 Å². The third kappa shape index (κ3) is 7.57. The van der Waals surface area contributed by atoms with E-state index < -0.39 is 0 Å². The molecule has 5 nitrogen and oxygen atoms in total. The minimum atomic E-state index is 0. The van der Waals surface area contributed by atoms with E-state index in [2.05, 4.69) is 44.8 Å². The summed E-state index contributed by atoms with van der Waals surface area (Å²) >= 11 is 1.74. The number of pyridine rings is 1. The molecule has 0 aliphatic heterocycles. The molecule has 132 valence electrons. The second kappa shape index (κ2) is 12.2. The van der Waals surface area contributed by atoms with E-state index in [1.807, 2.05) is 24.4 Å². The molecule has 2 rings (SSSR count). The standard InChI is InChI=1S/C17H25N5S.HI/c1-3-16-22-15(13-23-16)9-12-21-17(18-4-2)20-11-8-14-7-5-6-10-19-14;/h5-7,10,13H,3-4,8-9,11-12H2,1-2H3,(H2,18,20,21);1H. The van der Waals surface area contributed by atoms with Crippen LogP contribution in [0.1, 0.15) is 30.2 Å². The Morgan fingerprint density at radius 2 is 2.04 bits per heavy atom. The molecular weight excluding hydrogens is 433 g/mol. The number of aliphatic imine (C=N–C) groups is 1. The van der Waals surface area contributed by atoms with Crippen molar-refractivity contribution in [3.63, 3.8) is 0 Å². The van der Waals surface area contributed by atoms with Gasteiger partial charge in [-0.05, 0) is 25.5 Å². The highest BCUT2D eigenvalue weighted by Crippen LogP contribution is 2.10. The van der Waals surface area contributed by atoms with Gasteiger partial charge in [0.2, 0.25) is 0 Å². The molecule has 0 unspecified atom stereocenters. The molecular formula is C17H26IN5S. The molecule has 24 heavy (non-hydrogen) atoms. The molecule has 2 aromatic rings. The molecule has 0 spiro atoms. The van der Waals surface area contributed by atoms with Crippen molar-refractivity contribution in [2.75, 3.05) is 19.6 Å². The molecule has 0 amide bonds. The van der Waals surface area contributed by atoms with E-state index in [9.17, 15) is 0 Å². The fraction of sp³-hybridized carbons (Fsp3) is 0.471. The van der Waals surface area contributed by atoms with Crippen LogP contribution in [0.15, 0.2) is 34.8 Å². The van der Waals surface area contributed by atoms with Crippen LogP contribution in [-0.2, 0) is 19.3 Å². The minimum absolute atomic E-state index is 0. The number of thiazole rings is 1. The van der Waals surface area contributed by atoms with Crippen molar-refractivity contribution in [3.05, 3.63) is 46.2 Å². The molecule has 0 saturated carbocycles. The maximum absolute atomic E-state index is 4.60. The molecule has 0 aliphatic rings. The van der Waals surface area contributed by atoms with Crippen LogP contribution in [0, 0.1) is 0 Å². The number of rotatable bonds is 8. The second-order valence-corrected chi connectivity index (χ2v) is 6.04. The highest BCUT2D eigenvalue weighted by Gasteiger charge is 2.02. The summed E-state index contributed by atoms with van der Waals surface area (Å²) < 4.78 is 0. The fourth-order valence-corrected chi connectivity index (χ4v) is 2.88. The summed E-state index contributed by atoms with van der Waals surface area (Å²) in [6, 6.07) is 5.97. The number of hydrogen-bond donors (Lipinski definition) is 2. The normalized spacial score (nSPS) is 11.0. The van der Waals surface area contributed by atoms with E-state index >= 15 is 0 Å². The number of nitrogens with one attached hydrogen (secondary N) is 2. The zero-order chi connectivity index (χ0) is 16.3. The summed E-state index contributed by atoms with van der Waals surface area (Å²) in [7, 11) is 0. The van der Waals surface area contributed by atoms with Gasteiger partial charge in [0.15, 0.2) is 5.96 Å². The van der Waals surface area contributed by atoms with E-state index in [0.717, 1.165) is 56.2 Å². The van der Waals surface area contributed by atoms with Gasteiger partial charge in [0.25, 0.3) is 0 Å². The molecule has 2 aromatic heterocycles. The predicted octanol–water partition coefficient (Wildman–Crippen LogP) is 3.06. The van der Waals surface area contributed by atoms with Crippen LogP contribution in [-0.4, -0.2) is 35.6 Å². The van der Waals surface area contributed by atoms with Crippen LogP contribution in [0.25, 0.3) is 0 Å². The lowest BCUT2D eigenvalue weighted by Gasteiger charge is -2.10. The van der Waals surface area contributed by atoms with Crippen LogP contribution in [0.3, 0.4) is 0 Å². The number of aryl methyl sites for hydroxylation is 1. The molecule has 0 atom stereocenters. The summed E-state index contributed by atoms with van der Waals surface area (Å²) in [6.45, 7) is 6.62. The van der Waals surface area contributed by atoms with Gasteiger partial charge in [0.05, 0.1) is 10.7 Å². The third-order valence-electron chi connectivity index (χ3n) is 3.28. The summed E-state index contributed by atoms with van der Waals surface area (Å²) in [6.07, 6.45) is 4.60. The maximum Gasteiger partial charge on any atom is 0.191 e. The Bertz CT molecular complexity index is 600. The highest BCUT2D eigenvalue weighted by atomic mass is 127. The summed E-state index contributed by atoms with van der Waals surface area (Å²) in [4.78, 5) is 13.5. The lowest BCUT2D eigenvalue weighted by molar-refractivity contribution is 0.784. The Balaban J connectivity index is 0.00000288. The van der Waals surface area contributed by atoms with Gasteiger partial charge in [-0.15, -0.1) is 35.3 Å². The van der Waals surface area contributed by atoms with Gasteiger partial charge in [0.1, 0.15) is 0 Å². The molecule has 2 N–H and O–H groups in total. The van der Waals surface area contributed by atoms with Crippen molar-refractivity contribution in [1.82, 2.24) is 20.6 Å². The number of nitrogens with zero attached hydrogens (tertiary/aromatic N) is 3. The Hall–Kier alpha value is -1.22. The van der Waals surface area contributed by atoms with Gasteiger partial charge >= 0.3 is 0 Å². The van der Waals surface area contributed by atoms with Gasteiger partial charge in [-0.25, -0.2) is 4.98 Å². The highest BCUT2D eigenvalue weighted by molar-refractivity contribution is 14.0. The van der Waals surface area contributed by atoms with E-state index in [1.54, 1.807) is 11.3 Å². The minimum Gasteiger partial charge on any atom is -0.357 e. The number of guanidine groups is 1. The average Bonchev–Trinajstić information content (AvgIpc) is 3.04. The Morgan fingerprint density at radius 1 is 1.17 bits per heavy atom. The lowest BCUT2D eigenvalue weighted by Crippen LogP contribution is -2.38. The van der Waals surface area contributed by atoms with Crippen LogP contribution in [0.2, 0.25) is 0 Å². The van der Waals surface area contributed by atoms with E-state index in [-0.39, 0.29) is 24.0 Å². The zero-order valence-electron chi connectivity index (χ0n) is 14.3. The first-order chi connectivity index (χ1) is 11.3. The fourth-order valence-electron chi connectivity index (χ4n) is 2.11. The lowest BCUT2D eigenvalue weighted by atomic mass is 10.3. The van der Waals surface area contributed by atoms with Crippen molar-refractivity contribution in [1.29, 1.82) is 0 Å². The third-order valence-corrected chi connectivity index (χ3v) is 4.33. The Kier molecular flexibility index (Phi) is 10.6. The monoisotopic (exact) mass is 459 g/mol. The SMILES string of the molecule is CCNC(=NCCc1ccccn1)NCCc1csc(CC)n1.I. The average molecular weight is 459 g/mol. The van der Waals surface area contributed by atoms with Crippen molar-refractivity contribution in [3.8, 4) is 0 Å². The first kappa shape index (κ1) is 20.8. The summed E-state index contributed by atoms with van der Waals surface area (Å²) in [5.41, 5.74) is 2.23. The quantitative estimate of drug-likeness (QED) is 0.362. The molecule has 0 bridgehead atoms. The Morgan fingerprint density at radius 3 is 2.71 bits per heavy atom. The number of aromatic nitrogens is 2. The van der Waals surface area contributed by atoms with E-state index in [4.69, 9.17) is 0 Å². The van der Waals surface area contributed by atoms with Crippen LogP contribution >= 0.6 is 35.3 Å². The molecule has 0 aromatic carbocycles. The van der Waals surface area contributed by atoms with E-state index in [1.165, 1.54) is 5.01 Å². The predicted molar refractivity (Wildman–Crippen MR) is 113 cm³/mol. The van der Waals surface area contributed by atoms with Crippen molar-refractivity contribution >= 4 is 41.3 Å². The van der Waals surface area contributed by atoms with Gasteiger partial charge in [-0.1, -0.05) is 13.0 Å². The topological polar surface area (TPSA) is 62.2 Å². The van der Waals surface area contributed by atoms with Crippen LogP contribution < -0.4 is 10.6 Å². The zero-order valence-corrected chi connectivity index (χ0v) is 17.4. The number of halogens is 1. The molecule has 0 saturated heterocycles. The van der Waals surface area contributed by atoms with E-state index in [0.29, 0.717) is 0 Å². The largest absolute Gasteiger partial charge is 0.357 e. The van der Waals surface area contributed by atoms with Gasteiger partial charge < -0.3 is 10.6 Å². The molecule has 7 heteroatoms. The van der Waals surface area contributed by atoms with Crippen LogP contribution in [0.4, 0.5) is 0 Å². The molecule has 0 aliphatic carbocycles. The van der Waals surface area contributed by atoms with Crippen LogP contribution in [0.5, 0.6) is 0 Å². The van der Waals surface area contributed by atoms with Crippen molar-refractivity contribution in [2.45, 2.75) is 33.1 Å². The molecule has 0 radical (unpaired) electrons. The summed E-state index contributed by atoms with van der Waals surface area (Å²) in [5.74, 6) is 0.856. The summed E-state index contributed by atoms with van der Waals surface area (Å²) in [5, 5.41) is 9.99. The first-order valence-corrected chi connectivity index (χ1v) is 9.05. The number of hydrogen-bond acceptors (Lipinski definition) is 4. The smallest absolute Gasteiger partial charge is 0.191 e. The van der Waals surface area contributed by atoms with Crippen molar-refractivity contribution < 1.29 is 0 Å². The molecule has 0 fully saturated rings. The van der Waals surface area contributed by atoms with Crippen molar-refractivity contribution in [2.24, 2.45) is 4.99 Å². The Labute approximate surface area is 165 Å². The van der Waals surface area contributed by atoms with Gasteiger partial charge in [-0.3, -0.25) is 9.98 Å². The second-order valence-electron chi connectivity index (χ2n) is 5.09.